The molecule has 24 heavy (non-hydrogen) atoms. The first-order valence-corrected chi connectivity index (χ1v) is 8.75. The van der Waals surface area contributed by atoms with Gasteiger partial charge in [-0.2, -0.15) is 0 Å². The minimum absolute atomic E-state index is 0.458. The van der Waals surface area contributed by atoms with Crippen molar-refractivity contribution in [2.45, 2.75) is 13.0 Å². The molecule has 0 aliphatic heterocycles. The first-order chi connectivity index (χ1) is 11.7. The van der Waals surface area contributed by atoms with Gasteiger partial charge in [0.15, 0.2) is 0 Å². The summed E-state index contributed by atoms with van der Waals surface area (Å²) in [7, 11) is 0. The van der Waals surface area contributed by atoms with E-state index >= 15 is 0 Å². The van der Waals surface area contributed by atoms with Crippen molar-refractivity contribution in [2.24, 2.45) is 0 Å². The molecular weight excluding hydrogens is 360 g/mol. The highest BCUT2D eigenvalue weighted by molar-refractivity contribution is 9.15. The molecule has 3 aromatic rings. The van der Waals surface area contributed by atoms with Crippen LogP contribution in [0, 0.1) is 0 Å². The monoisotopic (exact) mass is 378 g/mol. The van der Waals surface area contributed by atoms with Crippen LogP contribution >= 0.6 is 15.9 Å². The van der Waals surface area contributed by atoms with E-state index in [9.17, 15) is 5.11 Å². The van der Waals surface area contributed by atoms with Crippen LogP contribution in [0.5, 0.6) is 0 Å². The van der Waals surface area contributed by atoms with Gasteiger partial charge in [-0.15, -0.1) is 0 Å². The molecule has 120 valence electrons. The number of hydrogen-bond donors (Lipinski definition) is 1. The maximum absolute atomic E-state index is 9.74. The Balaban J connectivity index is 2.16. The van der Waals surface area contributed by atoms with E-state index in [-0.39, 0.29) is 0 Å². The maximum atomic E-state index is 9.74. The lowest BCUT2D eigenvalue weighted by atomic mass is 9.94. The fourth-order valence-corrected chi connectivity index (χ4v) is 3.40. The Morgan fingerprint density at radius 3 is 1.67 bits per heavy atom. The Kier molecular flexibility index (Phi) is 5.29. The highest BCUT2D eigenvalue weighted by Crippen LogP contribution is 2.36. The Bertz CT molecular complexity index is 819. The van der Waals surface area contributed by atoms with E-state index in [1.807, 2.05) is 48.5 Å². The molecule has 1 nitrogen and oxygen atoms in total. The van der Waals surface area contributed by atoms with Crippen molar-refractivity contribution in [1.82, 2.24) is 0 Å². The van der Waals surface area contributed by atoms with Gasteiger partial charge in [0.2, 0.25) is 0 Å². The van der Waals surface area contributed by atoms with E-state index < -0.39 is 6.10 Å². The fraction of sp³-hybridized carbons (Fsp3) is 0.0909. The van der Waals surface area contributed by atoms with Gasteiger partial charge < -0.3 is 5.11 Å². The molecule has 0 radical (unpaired) electrons. The molecule has 1 unspecified atom stereocenters. The Morgan fingerprint density at radius 1 is 0.708 bits per heavy atom. The molecule has 3 rings (SSSR count). The van der Waals surface area contributed by atoms with E-state index in [0.717, 1.165) is 32.3 Å². The topological polar surface area (TPSA) is 20.2 Å². The molecule has 0 fully saturated rings. The molecule has 0 spiro atoms. The highest BCUT2D eigenvalue weighted by Gasteiger charge is 2.12. The summed E-state index contributed by atoms with van der Waals surface area (Å²) in [5.74, 6) is 0. The number of hydrogen-bond acceptors (Lipinski definition) is 1. The van der Waals surface area contributed by atoms with Crippen molar-refractivity contribution in [3.8, 4) is 0 Å². The van der Waals surface area contributed by atoms with Gasteiger partial charge in [0, 0.05) is 10.1 Å². The summed E-state index contributed by atoms with van der Waals surface area (Å²) in [6, 6.07) is 28.7. The molecule has 0 aromatic heterocycles. The molecule has 1 N–H and O–H groups in total. The molecule has 0 bridgehead atoms. The Morgan fingerprint density at radius 2 is 1.17 bits per heavy atom. The van der Waals surface area contributed by atoms with Crippen LogP contribution in [0.15, 0.2) is 84.9 Å². The van der Waals surface area contributed by atoms with Gasteiger partial charge in [0.05, 0.1) is 6.10 Å². The van der Waals surface area contributed by atoms with Gasteiger partial charge in [0.25, 0.3) is 0 Å². The van der Waals surface area contributed by atoms with Crippen LogP contribution in [-0.2, 0) is 0 Å². The van der Waals surface area contributed by atoms with E-state index in [2.05, 4.69) is 52.3 Å². The highest BCUT2D eigenvalue weighted by atomic mass is 79.9. The van der Waals surface area contributed by atoms with Gasteiger partial charge >= 0.3 is 0 Å². The Labute approximate surface area is 151 Å². The lowest BCUT2D eigenvalue weighted by Crippen LogP contribution is -1.94. The lowest BCUT2D eigenvalue weighted by Gasteiger charge is -2.14. The summed E-state index contributed by atoms with van der Waals surface area (Å²) in [6.45, 7) is 1.78. The minimum Gasteiger partial charge on any atom is -0.389 e. The van der Waals surface area contributed by atoms with Gasteiger partial charge in [-0.1, -0.05) is 84.9 Å². The van der Waals surface area contributed by atoms with Crippen molar-refractivity contribution in [1.29, 1.82) is 0 Å². The van der Waals surface area contributed by atoms with Crippen molar-refractivity contribution < 1.29 is 5.11 Å². The van der Waals surface area contributed by atoms with Crippen molar-refractivity contribution in [3.63, 3.8) is 0 Å². The second-order valence-electron chi connectivity index (χ2n) is 5.72. The molecule has 0 aliphatic carbocycles. The van der Waals surface area contributed by atoms with Crippen LogP contribution in [0.2, 0.25) is 0 Å². The summed E-state index contributed by atoms with van der Waals surface area (Å²) < 4.78 is 1.05. The average Bonchev–Trinajstić information content (AvgIpc) is 2.64. The molecule has 0 saturated heterocycles. The number of rotatable bonds is 4. The minimum atomic E-state index is -0.458. The van der Waals surface area contributed by atoms with Crippen LogP contribution in [0.1, 0.15) is 35.3 Å². The molecular formula is C22H19BrO. The molecule has 0 aliphatic rings. The zero-order valence-corrected chi connectivity index (χ0v) is 15.1. The van der Waals surface area contributed by atoms with Crippen molar-refractivity contribution in [2.75, 3.05) is 0 Å². The van der Waals surface area contributed by atoms with E-state index in [1.165, 1.54) is 0 Å². The molecule has 0 amide bonds. The lowest BCUT2D eigenvalue weighted by molar-refractivity contribution is 0.199. The third-order valence-electron chi connectivity index (χ3n) is 3.99. The summed E-state index contributed by atoms with van der Waals surface area (Å²) in [5, 5.41) is 9.74. The summed E-state index contributed by atoms with van der Waals surface area (Å²) in [5.41, 5.74) is 5.45. The van der Waals surface area contributed by atoms with E-state index in [4.69, 9.17) is 0 Å². The Hall–Kier alpha value is -2.16. The van der Waals surface area contributed by atoms with E-state index in [0.29, 0.717) is 0 Å². The second kappa shape index (κ2) is 7.61. The predicted molar refractivity (Wildman–Crippen MR) is 105 cm³/mol. The number of aliphatic hydroxyl groups is 1. The SMILES string of the molecule is CC(O)c1ccc(/C(=C(/Br)c2ccccc2)c2ccccc2)cc1. The van der Waals surface area contributed by atoms with Crippen LogP contribution in [0.4, 0.5) is 0 Å². The molecule has 2 heteroatoms. The zero-order chi connectivity index (χ0) is 16.9. The van der Waals surface area contributed by atoms with Gasteiger partial charge in [-0.05, 0) is 45.1 Å². The first kappa shape index (κ1) is 16.7. The average molecular weight is 379 g/mol. The smallest absolute Gasteiger partial charge is 0.0761 e. The number of halogens is 1. The van der Waals surface area contributed by atoms with Crippen LogP contribution in [0.25, 0.3) is 10.1 Å². The van der Waals surface area contributed by atoms with E-state index in [1.54, 1.807) is 6.92 Å². The maximum Gasteiger partial charge on any atom is 0.0761 e. The third-order valence-corrected chi connectivity index (χ3v) is 4.85. The first-order valence-electron chi connectivity index (χ1n) is 7.96. The van der Waals surface area contributed by atoms with Gasteiger partial charge in [-0.3, -0.25) is 0 Å². The van der Waals surface area contributed by atoms with Gasteiger partial charge in [0.1, 0.15) is 0 Å². The van der Waals surface area contributed by atoms with Crippen LogP contribution < -0.4 is 0 Å². The molecule has 0 saturated carbocycles. The predicted octanol–water partition coefficient (Wildman–Crippen LogP) is 6.05. The molecule has 1 atom stereocenters. The summed E-state index contributed by atoms with van der Waals surface area (Å²) in [6.07, 6.45) is -0.458. The fourth-order valence-electron chi connectivity index (χ4n) is 2.68. The molecule has 3 aromatic carbocycles. The number of aliphatic hydroxyl groups excluding tert-OH is 1. The zero-order valence-electron chi connectivity index (χ0n) is 13.5. The number of benzene rings is 3. The normalized spacial score (nSPS) is 13.3. The standard InChI is InChI=1S/C22H19BrO/c1-16(24)17-12-14-19(15-13-17)21(18-8-4-2-5-9-18)22(23)20-10-6-3-7-11-20/h2-16,24H,1H3/b22-21+. The largest absolute Gasteiger partial charge is 0.389 e. The quantitative estimate of drug-likeness (QED) is 0.547. The van der Waals surface area contributed by atoms with Crippen LogP contribution in [0.3, 0.4) is 0 Å². The second-order valence-corrected chi connectivity index (χ2v) is 6.51. The summed E-state index contributed by atoms with van der Waals surface area (Å²) in [4.78, 5) is 0. The van der Waals surface area contributed by atoms with Crippen LogP contribution in [-0.4, -0.2) is 5.11 Å². The molecule has 0 heterocycles. The third kappa shape index (κ3) is 3.66. The van der Waals surface area contributed by atoms with Crippen molar-refractivity contribution in [3.05, 3.63) is 107 Å². The van der Waals surface area contributed by atoms with Crippen molar-refractivity contribution >= 4 is 26.0 Å². The van der Waals surface area contributed by atoms with Gasteiger partial charge in [-0.25, -0.2) is 0 Å². The summed E-state index contributed by atoms with van der Waals surface area (Å²) >= 11 is 3.80.